The van der Waals surface area contributed by atoms with E-state index < -0.39 is 0 Å². The maximum atomic E-state index is 10.3. The molecular formula is C11H16N2O. The second-order valence-corrected chi connectivity index (χ2v) is 3.20. The molecule has 0 saturated heterocycles. The number of hydrogen-bond acceptors (Lipinski definition) is 3. The van der Waals surface area contributed by atoms with Crippen LogP contribution in [0.15, 0.2) is 30.3 Å². The molecule has 1 aromatic carbocycles. The summed E-state index contributed by atoms with van der Waals surface area (Å²) in [6.07, 6.45) is 1.37. The Morgan fingerprint density at radius 1 is 1.36 bits per heavy atom. The minimum atomic E-state index is 0.0905. The molecule has 76 valence electrons. The topological polar surface area (TPSA) is 55.1 Å². The van der Waals surface area contributed by atoms with Crippen LogP contribution in [0.1, 0.15) is 12.0 Å². The molecule has 0 radical (unpaired) electrons. The van der Waals surface area contributed by atoms with Crippen LogP contribution in [0.25, 0.3) is 0 Å². The van der Waals surface area contributed by atoms with Gasteiger partial charge in [0.2, 0.25) is 0 Å². The van der Waals surface area contributed by atoms with E-state index in [2.05, 4.69) is 5.32 Å². The summed E-state index contributed by atoms with van der Waals surface area (Å²) in [6, 6.07) is 10.1. The molecular weight excluding hydrogens is 176 g/mol. The molecule has 0 aliphatic heterocycles. The van der Waals surface area contributed by atoms with E-state index in [9.17, 15) is 4.79 Å². The van der Waals surface area contributed by atoms with Crippen molar-refractivity contribution < 1.29 is 4.79 Å². The van der Waals surface area contributed by atoms with Crippen LogP contribution in [0, 0.1) is 0 Å². The van der Waals surface area contributed by atoms with Crippen molar-refractivity contribution in [3.05, 3.63) is 35.9 Å². The summed E-state index contributed by atoms with van der Waals surface area (Å²) in [7, 11) is 0. The number of rotatable bonds is 6. The molecule has 1 atom stereocenters. The number of nitrogens with one attached hydrogen (secondary N) is 1. The summed E-state index contributed by atoms with van der Waals surface area (Å²) in [5.41, 5.74) is 6.71. The number of carbonyl (C=O) groups is 1. The summed E-state index contributed by atoms with van der Waals surface area (Å²) >= 11 is 0. The summed E-state index contributed by atoms with van der Waals surface area (Å²) in [4.78, 5) is 10.3. The Bertz CT molecular complexity index is 261. The van der Waals surface area contributed by atoms with E-state index in [1.165, 1.54) is 5.56 Å². The van der Waals surface area contributed by atoms with Crippen molar-refractivity contribution in [3.63, 3.8) is 0 Å². The number of carbonyl (C=O) groups excluding carboxylic acids is 1. The van der Waals surface area contributed by atoms with Crippen molar-refractivity contribution in [1.29, 1.82) is 0 Å². The van der Waals surface area contributed by atoms with E-state index >= 15 is 0 Å². The number of hydrogen-bond donors (Lipinski definition) is 2. The molecule has 1 rings (SSSR count). The molecule has 0 heterocycles. The summed E-state index contributed by atoms with van der Waals surface area (Å²) < 4.78 is 0. The zero-order valence-corrected chi connectivity index (χ0v) is 8.15. The van der Waals surface area contributed by atoms with E-state index in [1.54, 1.807) is 0 Å². The van der Waals surface area contributed by atoms with Crippen LogP contribution < -0.4 is 11.1 Å². The highest BCUT2D eigenvalue weighted by atomic mass is 16.1. The third-order valence-electron chi connectivity index (χ3n) is 2.10. The van der Waals surface area contributed by atoms with Crippen LogP contribution in [-0.4, -0.2) is 18.9 Å². The first-order valence-corrected chi connectivity index (χ1v) is 4.78. The van der Waals surface area contributed by atoms with Gasteiger partial charge in [-0.1, -0.05) is 30.3 Å². The van der Waals surface area contributed by atoms with E-state index in [0.29, 0.717) is 13.0 Å². The van der Waals surface area contributed by atoms with Gasteiger partial charge in [-0.05, 0) is 5.56 Å². The first-order chi connectivity index (χ1) is 6.86. The first-order valence-electron chi connectivity index (χ1n) is 4.78. The zero-order valence-electron chi connectivity index (χ0n) is 8.15. The lowest BCUT2D eigenvalue weighted by atomic mass is 10.2. The zero-order chi connectivity index (χ0) is 10.2. The molecule has 0 aliphatic carbocycles. The largest absolute Gasteiger partial charge is 0.329 e. The maximum Gasteiger partial charge on any atom is 0.121 e. The highest BCUT2D eigenvalue weighted by molar-refractivity contribution is 5.50. The molecule has 0 amide bonds. The van der Waals surface area contributed by atoms with Gasteiger partial charge in [0.15, 0.2) is 0 Å². The molecule has 3 N–H and O–H groups in total. The van der Waals surface area contributed by atoms with Gasteiger partial charge < -0.3 is 15.8 Å². The van der Waals surface area contributed by atoms with Gasteiger partial charge in [-0.25, -0.2) is 0 Å². The lowest BCUT2D eigenvalue weighted by Crippen LogP contribution is -2.35. The minimum Gasteiger partial charge on any atom is -0.329 e. The second-order valence-electron chi connectivity index (χ2n) is 3.20. The molecule has 3 heteroatoms. The number of aldehydes is 1. The Kier molecular flexibility index (Phi) is 4.89. The molecule has 1 unspecified atom stereocenters. The monoisotopic (exact) mass is 192 g/mol. The van der Waals surface area contributed by atoms with E-state index in [-0.39, 0.29) is 6.04 Å². The summed E-state index contributed by atoms with van der Waals surface area (Å²) in [5, 5.41) is 3.23. The lowest BCUT2D eigenvalue weighted by Gasteiger charge is -2.13. The van der Waals surface area contributed by atoms with Crippen LogP contribution >= 0.6 is 0 Å². The highest BCUT2D eigenvalue weighted by Crippen LogP contribution is 1.98. The molecule has 0 aromatic heterocycles. The normalized spacial score (nSPS) is 12.4. The van der Waals surface area contributed by atoms with Crippen molar-refractivity contribution in [2.75, 3.05) is 6.54 Å². The van der Waals surface area contributed by atoms with Gasteiger partial charge in [-0.2, -0.15) is 0 Å². The standard InChI is InChI=1S/C11H16N2O/c12-8-11(6-7-14)13-9-10-4-2-1-3-5-10/h1-5,7,11,13H,6,8-9,12H2. The molecule has 14 heavy (non-hydrogen) atoms. The first kappa shape index (κ1) is 10.9. The predicted molar refractivity (Wildman–Crippen MR) is 56.8 cm³/mol. The third kappa shape index (κ3) is 3.68. The van der Waals surface area contributed by atoms with Crippen LogP contribution in [-0.2, 0) is 11.3 Å². The van der Waals surface area contributed by atoms with Gasteiger partial charge in [0, 0.05) is 25.6 Å². The Labute approximate surface area is 84.3 Å². The van der Waals surface area contributed by atoms with Crippen LogP contribution in [0.5, 0.6) is 0 Å². The number of benzene rings is 1. The quantitative estimate of drug-likeness (QED) is 0.652. The Hall–Kier alpha value is -1.19. The van der Waals surface area contributed by atoms with Gasteiger partial charge in [-0.3, -0.25) is 0 Å². The van der Waals surface area contributed by atoms with Crippen LogP contribution in [0.3, 0.4) is 0 Å². The molecule has 3 nitrogen and oxygen atoms in total. The van der Waals surface area contributed by atoms with Gasteiger partial charge >= 0.3 is 0 Å². The number of nitrogens with two attached hydrogens (primary N) is 1. The van der Waals surface area contributed by atoms with Crippen LogP contribution in [0.2, 0.25) is 0 Å². The average molecular weight is 192 g/mol. The smallest absolute Gasteiger partial charge is 0.121 e. The SMILES string of the molecule is NCC(CC=O)NCc1ccccc1. The predicted octanol–water partition coefficient (Wildman–Crippen LogP) is 0.692. The summed E-state index contributed by atoms with van der Waals surface area (Å²) in [6.45, 7) is 1.25. The van der Waals surface area contributed by atoms with Gasteiger partial charge in [0.1, 0.15) is 6.29 Å². The fourth-order valence-electron chi connectivity index (χ4n) is 1.24. The molecule has 0 bridgehead atoms. The van der Waals surface area contributed by atoms with Gasteiger partial charge in [-0.15, -0.1) is 0 Å². The molecule has 0 saturated carbocycles. The second kappa shape index (κ2) is 6.29. The molecule has 0 fully saturated rings. The lowest BCUT2D eigenvalue weighted by molar-refractivity contribution is -0.108. The summed E-state index contributed by atoms with van der Waals surface area (Å²) in [5.74, 6) is 0. The van der Waals surface area contributed by atoms with E-state index in [1.807, 2.05) is 30.3 Å². The maximum absolute atomic E-state index is 10.3. The van der Waals surface area contributed by atoms with E-state index in [0.717, 1.165) is 12.8 Å². The fourth-order valence-corrected chi connectivity index (χ4v) is 1.24. The Morgan fingerprint density at radius 3 is 2.64 bits per heavy atom. The molecule has 1 aromatic rings. The van der Waals surface area contributed by atoms with Crippen molar-refractivity contribution >= 4 is 6.29 Å². The van der Waals surface area contributed by atoms with Crippen molar-refractivity contribution in [2.45, 2.75) is 19.0 Å². The van der Waals surface area contributed by atoms with Gasteiger partial charge in [0.25, 0.3) is 0 Å². The Balaban J connectivity index is 2.35. The van der Waals surface area contributed by atoms with Crippen molar-refractivity contribution in [3.8, 4) is 0 Å². The van der Waals surface area contributed by atoms with Crippen LogP contribution in [0.4, 0.5) is 0 Å². The molecule has 0 spiro atoms. The Morgan fingerprint density at radius 2 is 2.07 bits per heavy atom. The molecule has 0 aliphatic rings. The highest BCUT2D eigenvalue weighted by Gasteiger charge is 2.03. The van der Waals surface area contributed by atoms with E-state index in [4.69, 9.17) is 5.73 Å². The minimum absolute atomic E-state index is 0.0905. The van der Waals surface area contributed by atoms with Crippen molar-refractivity contribution in [2.24, 2.45) is 5.73 Å². The fraction of sp³-hybridized carbons (Fsp3) is 0.364. The van der Waals surface area contributed by atoms with Gasteiger partial charge in [0.05, 0.1) is 0 Å². The average Bonchev–Trinajstić information content (AvgIpc) is 2.25. The van der Waals surface area contributed by atoms with Crippen molar-refractivity contribution in [1.82, 2.24) is 5.32 Å². The third-order valence-corrected chi connectivity index (χ3v) is 2.10.